The van der Waals surface area contributed by atoms with Crippen LogP contribution < -0.4 is 5.32 Å². The van der Waals surface area contributed by atoms with E-state index in [4.69, 9.17) is 28.6 Å². The van der Waals surface area contributed by atoms with Crippen LogP contribution in [0.25, 0.3) is 0 Å². The van der Waals surface area contributed by atoms with Gasteiger partial charge >= 0.3 is 5.97 Å². The van der Waals surface area contributed by atoms with Crippen molar-refractivity contribution in [3.8, 4) is 0 Å². The van der Waals surface area contributed by atoms with E-state index in [1.54, 1.807) is 25.1 Å². The Kier molecular flexibility index (Phi) is 5.22. The van der Waals surface area contributed by atoms with Gasteiger partial charge in [-0.3, -0.25) is 4.79 Å². The quantitative estimate of drug-likeness (QED) is 0.663. The normalized spacial score (nSPS) is 9.62. The average Bonchev–Trinajstić information content (AvgIpc) is 2.26. The highest BCUT2D eigenvalue weighted by Crippen LogP contribution is 2.10. The summed E-state index contributed by atoms with van der Waals surface area (Å²) in [5, 5.41) is 3.42. The molecule has 0 atom stereocenters. The summed E-state index contributed by atoms with van der Waals surface area (Å²) in [5.74, 6) is -0.327. The first-order chi connectivity index (χ1) is 7.63. The van der Waals surface area contributed by atoms with E-state index in [1.807, 2.05) is 6.07 Å². The van der Waals surface area contributed by atoms with E-state index in [1.165, 1.54) is 0 Å². The lowest BCUT2D eigenvalue weighted by Crippen LogP contribution is -2.29. The molecule has 0 bridgehead atoms. The van der Waals surface area contributed by atoms with Gasteiger partial charge in [0.25, 0.3) is 0 Å². The number of esters is 1. The Morgan fingerprint density at radius 1 is 1.56 bits per heavy atom. The third-order valence-corrected chi connectivity index (χ3v) is 2.40. The first kappa shape index (κ1) is 12.9. The van der Waals surface area contributed by atoms with Gasteiger partial charge in [0.1, 0.15) is 11.5 Å². The number of rotatable bonds is 4. The molecule has 1 rings (SSSR count). The van der Waals surface area contributed by atoms with Gasteiger partial charge in [-0.25, -0.2) is 0 Å². The molecule has 0 saturated heterocycles. The van der Waals surface area contributed by atoms with Gasteiger partial charge in [-0.1, -0.05) is 36.0 Å². The lowest BCUT2D eigenvalue weighted by molar-refractivity contribution is -0.141. The molecule has 0 aliphatic heterocycles. The number of benzene rings is 1. The highest BCUT2D eigenvalue weighted by Gasteiger charge is 2.05. The van der Waals surface area contributed by atoms with Gasteiger partial charge in [0, 0.05) is 10.6 Å². The molecule has 0 saturated carbocycles. The Bertz CT molecular complexity index is 395. The van der Waals surface area contributed by atoms with Crippen molar-refractivity contribution >= 4 is 34.8 Å². The molecule has 5 heteroatoms. The molecule has 0 aliphatic carbocycles. The van der Waals surface area contributed by atoms with Crippen LogP contribution in [-0.2, 0) is 9.53 Å². The number of carbonyl (C=O) groups excluding carboxylic acids is 1. The van der Waals surface area contributed by atoms with Gasteiger partial charge in [-0.05, 0) is 19.1 Å². The molecular weight excluding hydrogens is 246 g/mol. The van der Waals surface area contributed by atoms with Crippen LogP contribution in [0.5, 0.6) is 0 Å². The lowest BCUT2D eigenvalue weighted by Gasteiger charge is -2.07. The maximum Gasteiger partial charge on any atom is 0.325 e. The van der Waals surface area contributed by atoms with Crippen LogP contribution in [-0.4, -0.2) is 24.1 Å². The van der Waals surface area contributed by atoms with Gasteiger partial charge in [0.05, 0.1) is 6.61 Å². The highest BCUT2D eigenvalue weighted by atomic mass is 35.5. The van der Waals surface area contributed by atoms with Crippen LogP contribution >= 0.6 is 23.8 Å². The number of ether oxygens (including phenoxy) is 1. The Labute approximate surface area is 105 Å². The lowest BCUT2D eigenvalue weighted by atomic mass is 10.2. The van der Waals surface area contributed by atoms with Gasteiger partial charge in [-0.15, -0.1) is 0 Å². The fourth-order valence-corrected chi connectivity index (χ4v) is 1.49. The minimum atomic E-state index is -0.327. The fourth-order valence-electron chi connectivity index (χ4n) is 1.10. The minimum Gasteiger partial charge on any atom is -0.465 e. The van der Waals surface area contributed by atoms with E-state index >= 15 is 0 Å². The van der Waals surface area contributed by atoms with E-state index in [-0.39, 0.29) is 12.5 Å². The van der Waals surface area contributed by atoms with Crippen molar-refractivity contribution in [3.05, 3.63) is 34.9 Å². The van der Waals surface area contributed by atoms with Gasteiger partial charge in [-0.2, -0.15) is 0 Å². The molecule has 1 aromatic rings. The molecule has 0 unspecified atom stereocenters. The molecular formula is C11H12ClNO2S. The van der Waals surface area contributed by atoms with Gasteiger partial charge < -0.3 is 10.1 Å². The van der Waals surface area contributed by atoms with Gasteiger partial charge in [0.2, 0.25) is 0 Å². The summed E-state index contributed by atoms with van der Waals surface area (Å²) in [5.41, 5.74) is 0.784. The van der Waals surface area contributed by atoms with Crippen molar-refractivity contribution in [3.63, 3.8) is 0 Å². The maximum absolute atomic E-state index is 11.1. The molecule has 0 aromatic heterocycles. The zero-order valence-electron chi connectivity index (χ0n) is 8.83. The predicted octanol–water partition coefficient (Wildman–Crippen LogP) is 2.17. The van der Waals surface area contributed by atoms with E-state index in [0.29, 0.717) is 16.6 Å². The molecule has 0 radical (unpaired) electrons. The van der Waals surface area contributed by atoms with Crippen molar-refractivity contribution < 1.29 is 9.53 Å². The van der Waals surface area contributed by atoms with Gasteiger partial charge in [0.15, 0.2) is 0 Å². The van der Waals surface area contributed by atoms with Crippen LogP contribution in [0.15, 0.2) is 24.3 Å². The highest BCUT2D eigenvalue weighted by molar-refractivity contribution is 7.80. The van der Waals surface area contributed by atoms with Crippen LogP contribution in [0.4, 0.5) is 0 Å². The first-order valence-corrected chi connectivity index (χ1v) is 5.61. The van der Waals surface area contributed by atoms with Crippen LogP contribution in [0.3, 0.4) is 0 Å². The number of thiocarbonyl (C=S) groups is 1. The van der Waals surface area contributed by atoms with E-state index in [9.17, 15) is 4.79 Å². The second-order valence-corrected chi connectivity index (χ2v) is 3.84. The Hall–Kier alpha value is -1.13. The fraction of sp³-hybridized carbons (Fsp3) is 0.273. The molecule has 86 valence electrons. The molecule has 0 heterocycles. The molecule has 16 heavy (non-hydrogen) atoms. The number of hydrogen-bond acceptors (Lipinski definition) is 3. The Morgan fingerprint density at radius 2 is 2.31 bits per heavy atom. The smallest absolute Gasteiger partial charge is 0.325 e. The number of hydrogen-bond donors (Lipinski definition) is 1. The summed E-state index contributed by atoms with van der Waals surface area (Å²) in [6, 6.07) is 7.13. The predicted molar refractivity (Wildman–Crippen MR) is 67.8 cm³/mol. The molecule has 3 nitrogen and oxygen atoms in total. The maximum atomic E-state index is 11.1. The molecule has 0 aliphatic rings. The summed E-state index contributed by atoms with van der Waals surface area (Å²) in [7, 11) is 0. The van der Waals surface area contributed by atoms with Crippen molar-refractivity contribution in [2.24, 2.45) is 0 Å². The van der Waals surface area contributed by atoms with Crippen LogP contribution in [0.2, 0.25) is 5.02 Å². The molecule has 1 aromatic carbocycles. The summed E-state index contributed by atoms with van der Waals surface area (Å²) in [6.07, 6.45) is 0. The van der Waals surface area contributed by atoms with Crippen molar-refractivity contribution in [1.29, 1.82) is 0 Å². The number of nitrogens with one attached hydrogen (secondary N) is 1. The standard InChI is InChI=1S/C11H12ClNO2S/c1-2-15-10(14)7-13-11(16)8-4-3-5-9(12)6-8/h3-6H,2,7H2,1H3,(H,13,16). The van der Waals surface area contributed by atoms with E-state index in [2.05, 4.69) is 5.32 Å². The summed E-state index contributed by atoms with van der Waals surface area (Å²) < 4.78 is 4.76. The Morgan fingerprint density at radius 3 is 2.94 bits per heavy atom. The monoisotopic (exact) mass is 257 g/mol. The average molecular weight is 258 g/mol. The first-order valence-electron chi connectivity index (χ1n) is 4.83. The number of carbonyl (C=O) groups is 1. The van der Waals surface area contributed by atoms with Crippen molar-refractivity contribution in [1.82, 2.24) is 5.32 Å². The molecule has 0 fully saturated rings. The second-order valence-electron chi connectivity index (χ2n) is 3.00. The zero-order valence-corrected chi connectivity index (χ0v) is 10.4. The number of halogens is 1. The second kappa shape index (κ2) is 6.45. The topological polar surface area (TPSA) is 38.3 Å². The van der Waals surface area contributed by atoms with Crippen molar-refractivity contribution in [2.45, 2.75) is 6.92 Å². The molecule has 0 amide bonds. The Balaban J connectivity index is 2.50. The minimum absolute atomic E-state index is 0.0686. The third kappa shape index (κ3) is 4.16. The summed E-state index contributed by atoms with van der Waals surface area (Å²) >= 11 is 10.9. The zero-order chi connectivity index (χ0) is 12.0. The van der Waals surface area contributed by atoms with E-state index < -0.39 is 0 Å². The van der Waals surface area contributed by atoms with Crippen molar-refractivity contribution in [2.75, 3.05) is 13.2 Å². The summed E-state index contributed by atoms with van der Waals surface area (Å²) in [4.78, 5) is 11.6. The van der Waals surface area contributed by atoms with Crippen LogP contribution in [0.1, 0.15) is 12.5 Å². The third-order valence-electron chi connectivity index (χ3n) is 1.79. The largest absolute Gasteiger partial charge is 0.465 e. The molecule has 0 spiro atoms. The van der Waals surface area contributed by atoms with E-state index in [0.717, 1.165) is 5.56 Å². The summed E-state index contributed by atoms with van der Waals surface area (Å²) in [6.45, 7) is 2.19. The molecule has 1 N–H and O–H groups in total. The van der Waals surface area contributed by atoms with Crippen LogP contribution in [0, 0.1) is 0 Å². The SMILES string of the molecule is CCOC(=O)CNC(=S)c1cccc(Cl)c1.